The van der Waals surface area contributed by atoms with Crippen LogP contribution in [-0.2, 0) is 6.54 Å². The van der Waals surface area contributed by atoms with Crippen molar-refractivity contribution < 1.29 is 4.74 Å². The van der Waals surface area contributed by atoms with Crippen LogP contribution < -0.4 is 10.5 Å². The summed E-state index contributed by atoms with van der Waals surface area (Å²) in [5.41, 5.74) is 8.04. The van der Waals surface area contributed by atoms with Gasteiger partial charge in [0.25, 0.3) is 0 Å². The van der Waals surface area contributed by atoms with E-state index in [1.165, 1.54) is 44.5 Å². The van der Waals surface area contributed by atoms with Crippen molar-refractivity contribution in [3.8, 4) is 5.75 Å². The molecule has 0 radical (unpaired) electrons. The zero-order chi connectivity index (χ0) is 14.8. The maximum Gasteiger partial charge on any atom is 0.141 e. The van der Waals surface area contributed by atoms with Crippen LogP contribution in [0.2, 0.25) is 0 Å². The van der Waals surface area contributed by atoms with E-state index in [9.17, 15) is 0 Å². The number of fused-ring (bicyclic) bond motifs is 1. The Bertz CT molecular complexity index is 491. The summed E-state index contributed by atoms with van der Waals surface area (Å²) < 4.78 is 5.24. The molecule has 0 aliphatic carbocycles. The summed E-state index contributed by atoms with van der Waals surface area (Å²) in [6, 6.07) is 7.54. The zero-order valence-electron chi connectivity index (χ0n) is 13.2. The molecule has 4 nitrogen and oxygen atoms in total. The Labute approximate surface area is 127 Å². The van der Waals surface area contributed by atoms with Crippen LogP contribution in [-0.4, -0.2) is 48.6 Å². The van der Waals surface area contributed by atoms with Crippen molar-refractivity contribution in [2.24, 2.45) is 0 Å². The van der Waals surface area contributed by atoms with Crippen LogP contribution in [0.1, 0.15) is 31.7 Å². The van der Waals surface area contributed by atoms with Crippen LogP contribution in [0.25, 0.3) is 0 Å². The Balaban J connectivity index is 1.67. The van der Waals surface area contributed by atoms with Gasteiger partial charge >= 0.3 is 0 Å². The van der Waals surface area contributed by atoms with Gasteiger partial charge in [-0.15, -0.1) is 0 Å². The number of piperazine rings is 1. The number of piperidine rings is 1. The molecule has 2 saturated heterocycles. The highest BCUT2D eigenvalue weighted by Crippen LogP contribution is 2.27. The second kappa shape index (κ2) is 6.24. The number of nitrogens with two attached hydrogens (primary N) is 1. The number of nitrogen functional groups attached to an aromatic ring is 1. The average molecular weight is 289 g/mol. The highest BCUT2D eigenvalue weighted by Gasteiger charge is 2.32. The van der Waals surface area contributed by atoms with Gasteiger partial charge in [-0.3, -0.25) is 9.80 Å². The van der Waals surface area contributed by atoms with Crippen LogP contribution in [0.3, 0.4) is 0 Å². The Hall–Kier alpha value is -1.26. The molecule has 1 aromatic rings. The summed E-state index contributed by atoms with van der Waals surface area (Å²) >= 11 is 0. The molecular formula is C17H27N3O. The minimum Gasteiger partial charge on any atom is -0.495 e. The molecule has 0 spiro atoms. The fourth-order valence-corrected chi connectivity index (χ4v) is 3.75. The lowest BCUT2D eigenvalue weighted by molar-refractivity contribution is 0.0111. The van der Waals surface area contributed by atoms with Crippen LogP contribution in [0.4, 0.5) is 5.69 Å². The standard InChI is InChI=1S/C17H27N3O/c1-13-10-19-8-4-3-5-15(19)12-20(13)11-14-6-7-17(21-2)16(18)9-14/h6-7,9,13,15H,3-5,8,10-12,18H2,1-2H3. The van der Waals surface area contributed by atoms with Crippen LogP contribution in [0.15, 0.2) is 18.2 Å². The summed E-state index contributed by atoms with van der Waals surface area (Å²) in [5, 5.41) is 0. The molecule has 0 bridgehead atoms. The Morgan fingerprint density at radius 2 is 2.14 bits per heavy atom. The molecule has 21 heavy (non-hydrogen) atoms. The van der Waals surface area contributed by atoms with Gasteiger partial charge in [-0.05, 0) is 44.0 Å². The van der Waals surface area contributed by atoms with Gasteiger partial charge in [0.15, 0.2) is 0 Å². The monoisotopic (exact) mass is 289 g/mol. The van der Waals surface area contributed by atoms with Crippen molar-refractivity contribution in [3.05, 3.63) is 23.8 Å². The van der Waals surface area contributed by atoms with Crippen LogP contribution in [0, 0.1) is 0 Å². The topological polar surface area (TPSA) is 41.7 Å². The molecule has 2 N–H and O–H groups in total. The van der Waals surface area contributed by atoms with Gasteiger partial charge in [0.2, 0.25) is 0 Å². The lowest BCUT2D eigenvalue weighted by Crippen LogP contribution is -2.58. The minimum atomic E-state index is 0.614. The molecule has 4 heteroatoms. The molecule has 0 amide bonds. The number of hydrogen-bond acceptors (Lipinski definition) is 4. The third kappa shape index (κ3) is 3.16. The third-order valence-corrected chi connectivity index (χ3v) is 5.00. The van der Waals surface area contributed by atoms with Gasteiger partial charge in [-0.1, -0.05) is 12.5 Å². The summed E-state index contributed by atoms with van der Waals surface area (Å²) in [5.74, 6) is 0.767. The number of benzene rings is 1. The number of rotatable bonds is 3. The van der Waals surface area contributed by atoms with E-state index in [-0.39, 0.29) is 0 Å². The second-order valence-corrected chi connectivity index (χ2v) is 6.50. The lowest BCUT2D eigenvalue weighted by atomic mass is 9.96. The molecule has 0 aromatic heterocycles. The van der Waals surface area contributed by atoms with E-state index >= 15 is 0 Å². The van der Waals surface area contributed by atoms with Gasteiger partial charge in [-0.2, -0.15) is 0 Å². The highest BCUT2D eigenvalue weighted by molar-refractivity contribution is 5.54. The van der Waals surface area contributed by atoms with E-state index in [0.29, 0.717) is 6.04 Å². The first-order valence-electron chi connectivity index (χ1n) is 8.08. The largest absolute Gasteiger partial charge is 0.495 e. The first-order valence-corrected chi connectivity index (χ1v) is 8.08. The van der Waals surface area contributed by atoms with E-state index in [1.54, 1.807) is 7.11 Å². The maximum atomic E-state index is 6.03. The molecule has 2 unspecified atom stereocenters. The zero-order valence-corrected chi connectivity index (χ0v) is 13.2. The van der Waals surface area contributed by atoms with E-state index in [0.717, 1.165) is 24.0 Å². The Kier molecular flexibility index (Phi) is 4.36. The van der Waals surface area contributed by atoms with Gasteiger partial charge < -0.3 is 10.5 Å². The average Bonchev–Trinajstić information content (AvgIpc) is 2.48. The maximum absolute atomic E-state index is 6.03. The normalized spacial score (nSPS) is 27.3. The summed E-state index contributed by atoms with van der Waals surface area (Å²) in [6.45, 7) is 7.01. The molecule has 2 fully saturated rings. The first kappa shape index (κ1) is 14.7. The first-order chi connectivity index (χ1) is 10.2. The molecule has 2 heterocycles. The van der Waals surface area contributed by atoms with Gasteiger partial charge in [0, 0.05) is 31.7 Å². The van der Waals surface area contributed by atoms with E-state index in [2.05, 4.69) is 28.9 Å². The Morgan fingerprint density at radius 3 is 2.90 bits per heavy atom. The van der Waals surface area contributed by atoms with Crippen molar-refractivity contribution in [2.45, 2.75) is 44.8 Å². The summed E-state index contributed by atoms with van der Waals surface area (Å²) in [7, 11) is 1.66. The summed E-state index contributed by atoms with van der Waals surface area (Å²) in [6.07, 6.45) is 4.12. The molecule has 0 saturated carbocycles. The van der Waals surface area contributed by atoms with E-state index in [4.69, 9.17) is 10.5 Å². The quantitative estimate of drug-likeness (QED) is 0.867. The fraction of sp³-hybridized carbons (Fsp3) is 0.647. The molecule has 3 rings (SSSR count). The van der Waals surface area contributed by atoms with Crippen molar-refractivity contribution >= 4 is 5.69 Å². The van der Waals surface area contributed by atoms with Gasteiger partial charge in [0.05, 0.1) is 12.8 Å². The Morgan fingerprint density at radius 1 is 1.29 bits per heavy atom. The third-order valence-electron chi connectivity index (χ3n) is 5.00. The lowest BCUT2D eigenvalue weighted by Gasteiger charge is -2.47. The van der Waals surface area contributed by atoms with Crippen molar-refractivity contribution in [1.29, 1.82) is 0 Å². The van der Waals surface area contributed by atoms with Gasteiger partial charge in [-0.25, -0.2) is 0 Å². The number of ether oxygens (including phenoxy) is 1. The fourth-order valence-electron chi connectivity index (χ4n) is 3.75. The predicted molar refractivity (Wildman–Crippen MR) is 86.5 cm³/mol. The van der Waals surface area contributed by atoms with Gasteiger partial charge in [0.1, 0.15) is 5.75 Å². The molecule has 2 aliphatic heterocycles. The number of hydrogen-bond donors (Lipinski definition) is 1. The molecule has 1 aromatic carbocycles. The molecule has 2 aliphatic rings. The second-order valence-electron chi connectivity index (χ2n) is 6.50. The SMILES string of the molecule is COc1ccc(CN2CC3CCCCN3CC2C)cc1N. The molecular weight excluding hydrogens is 262 g/mol. The van der Waals surface area contributed by atoms with Crippen molar-refractivity contribution in [2.75, 3.05) is 32.5 Å². The minimum absolute atomic E-state index is 0.614. The van der Waals surface area contributed by atoms with E-state index < -0.39 is 0 Å². The number of anilines is 1. The van der Waals surface area contributed by atoms with Crippen LogP contribution >= 0.6 is 0 Å². The van der Waals surface area contributed by atoms with Crippen LogP contribution in [0.5, 0.6) is 5.75 Å². The highest BCUT2D eigenvalue weighted by atomic mass is 16.5. The summed E-state index contributed by atoms with van der Waals surface area (Å²) in [4.78, 5) is 5.29. The molecule has 2 atom stereocenters. The number of methoxy groups -OCH3 is 1. The van der Waals surface area contributed by atoms with Crippen molar-refractivity contribution in [1.82, 2.24) is 9.80 Å². The van der Waals surface area contributed by atoms with E-state index in [1.807, 2.05) is 6.07 Å². The smallest absolute Gasteiger partial charge is 0.141 e. The predicted octanol–water partition coefficient (Wildman–Crippen LogP) is 2.34. The molecule has 116 valence electrons. The number of nitrogens with zero attached hydrogens (tertiary/aromatic N) is 2. The van der Waals surface area contributed by atoms with Crippen molar-refractivity contribution in [3.63, 3.8) is 0 Å².